The van der Waals surface area contributed by atoms with Crippen molar-refractivity contribution in [2.75, 3.05) is 66.6 Å². The number of hydrogen-bond donors (Lipinski definition) is 0. The number of ether oxygens (including phenoxy) is 2. The van der Waals surface area contributed by atoms with Gasteiger partial charge in [0.1, 0.15) is 17.2 Å². The zero-order valence-corrected chi connectivity index (χ0v) is 21.2. The first-order chi connectivity index (χ1) is 17.7. The van der Waals surface area contributed by atoms with E-state index in [-0.39, 0.29) is 5.91 Å². The highest BCUT2D eigenvalue weighted by atomic mass is 16.5. The molecule has 36 heavy (non-hydrogen) atoms. The Morgan fingerprint density at radius 1 is 0.861 bits per heavy atom. The second kappa shape index (κ2) is 11.1. The van der Waals surface area contributed by atoms with Crippen LogP contribution in [0, 0.1) is 0 Å². The van der Waals surface area contributed by atoms with Gasteiger partial charge in [0.2, 0.25) is 0 Å². The van der Waals surface area contributed by atoms with Gasteiger partial charge in [-0.2, -0.15) is 5.10 Å². The van der Waals surface area contributed by atoms with Crippen LogP contribution in [0.3, 0.4) is 0 Å². The molecule has 0 atom stereocenters. The molecule has 0 saturated carbocycles. The molecule has 8 nitrogen and oxygen atoms in total. The minimum absolute atomic E-state index is 0.00393. The summed E-state index contributed by atoms with van der Waals surface area (Å²) < 4.78 is 12.8. The van der Waals surface area contributed by atoms with E-state index in [2.05, 4.69) is 9.80 Å². The predicted molar refractivity (Wildman–Crippen MR) is 140 cm³/mol. The normalized spacial score (nSPS) is 16.9. The van der Waals surface area contributed by atoms with Crippen LogP contribution in [0.15, 0.2) is 54.7 Å². The average Bonchev–Trinajstić information content (AvgIpc) is 3.62. The van der Waals surface area contributed by atoms with Crippen molar-refractivity contribution in [1.29, 1.82) is 0 Å². The molecule has 2 aromatic carbocycles. The van der Waals surface area contributed by atoms with Gasteiger partial charge in [-0.25, -0.2) is 4.68 Å². The Kier molecular flexibility index (Phi) is 7.53. The number of carbonyl (C=O) groups excluding carboxylic acids is 1. The molecule has 0 aliphatic carbocycles. The summed E-state index contributed by atoms with van der Waals surface area (Å²) >= 11 is 0. The number of rotatable bonds is 8. The van der Waals surface area contributed by atoms with E-state index in [1.807, 2.05) is 59.6 Å². The van der Waals surface area contributed by atoms with E-state index in [4.69, 9.17) is 14.6 Å². The van der Waals surface area contributed by atoms with Crippen molar-refractivity contribution < 1.29 is 14.3 Å². The summed E-state index contributed by atoms with van der Waals surface area (Å²) in [5.74, 6) is 1.31. The van der Waals surface area contributed by atoms with Crippen molar-refractivity contribution in [3.63, 3.8) is 0 Å². The minimum Gasteiger partial charge on any atom is -0.497 e. The second-order valence-electron chi connectivity index (χ2n) is 9.42. The van der Waals surface area contributed by atoms with E-state index in [0.29, 0.717) is 35.8 Å². The van der Waals surface area contributed by atoms with Crippen LogP contribution in [0.1, 0.15) is 23.2 Å². The van der Waals surface area contributed by atoms with E-state index in [0.717, 1.165) is 37.4 Å². The van der Waals surface area contributed by atoms with Gasteiger partial charge in [-0.1, -0.05) is 18.2 Å². The van der Waals surface area contributed by atoms with Crippen LogP contribution < -0.4 is 9.47 Å². The lowest BCUT2D eigenvalue weighted by molar-refractivity contribution is 0.0627. The van der Waals surface area contributed by atoms with Gasteiger partial charge in [-0.05, 0) is 50.2 Å². The number of nitrogens with zero attached hydrogens (tertiary/aromatic N) is 5. The molecule has 0 unspecified atom stereocenters. The molecule has 8 heteroatoms. The summed E-state index contributed by atoms with van der Waals surface area (Å²) in [6.45, 7) is 7.87. The Morgan fingerprint density at radius 3 is 2.22 bits per heavy atom. The lowest BCUT2D eigenvalue weighted by atomic mass is 10.1. The maximum Gasteiger partial charge on any atom is 0.257 e. The summed E-state index contributed by atoms with van der Waals surface area (Å²) in [5, 5.41) is 4.85. The highest BCUT2D eigenvalue weighted by Crippen LogP contribution is 2.35. The first-order valence-corrected chi connectivity index (χ1v) is 12.8. The highest BCUT2D eigenvalue weighted by molar-refractivity contribution is 6.00. The number of aromatic nitrogens is 2. The third-order valence-electron chi connectivity index (χ3n) is 7.22. The maximum absolute atomic E-state index is 13.8. The summed E-state index contributed by atoms with van der Waals surface area (Å²) in [5.41, 5.74) is 2.85. The molecule has 2 aliphatic heterocycles. The van der Waals surface area contributed by atoms with Crippen LogP contribution in [0.2, 0.25) is 0 Å². The van der Waals surface area contributed by atoms with Gasteiger partial charge in [0, 0.05) is 57.1 Å². The van der Waals surface area contributed by atoms with E-state index in [1.54, 1.807) is 18.9 Å². The molecule has 2 saturated heterocycles. The molecule has 2 aliphatic rings. The first-order valence-electron chi connectivity index (χ1n) is 12.8. The van der Waals surface area contributed by atoms with Crippen LogP contribution in [-0.2, 0) is 0 Å². The van der Waals surface area contributed by atoms with Crippen molar-refractivity contribution in [2.45, 2.75) is 12.8 Å². The molecule has 5 rings (SSSR count). The van der Waals surface area contributed by atoms with Crippen LogP contribution in [-0.4, -0.2) is 97.0 Å². The van der Waals surface area contributed by atoms with Crippen molar-refractivity contribution in [3.05, 3.63) is 60.3 Å². The average molecular weight is 490 g/mol. The zero-order chi connectivity index (χ0) is 24.9. The Bertz CT molecular complexity index is 1170. The molecule has 2 fully saturated rings. The van der Waals surface area contributed by atoms with E-state index < -0.39 is 0 Å². The van der Waals surface area contributed by atoms with E-state index >= 15 is 0 Å². The first kappa shape index (κ1) is 24.3. The molecule has 1 amide bonds. The van der Waals surface area contributed by atoms with Gasteiger partial charge in [-0.15, -0.1) is 0 Å². The number of hydrogen-bond acceptors (Lipinski definition) is 6. The van der Waals surface area contributed by atoms with Crippen LogP contribution in [0.4, 0.5) is 0 Å². The summed E-state index contributed by atoms with van der Waals surface area (Å²) in [4.78, 5) is 20.8. The van der Waals surface area contributed by atoms with Crippen molar-refractivity contribution in [2.24, 2.45) is 0 Å². The Hall–Kier alpha value is -3.36. The molecule has 0 spiro atoms. The second-order valence-corrected chi connectivity index (χ2v) is 9.42. The number of para-hydroxylation sites is 1. The number of benzene rings is 2. The van der Waals surface area contributed by atoms with Gasteiger partial charge < -0.3 is 19.3 Å². The van der Waals surface area contributed by atoms with E-state index in [1.165, 1.54) is 25.9 Å². The van der Waals surface area contributed by atoms with Crippen molar-refractivity contribution in [3.8, 4) is 28.4 Å². The monoisotopic (exact) mass is 489 g/mol. The zero-order valence-electron chi connectivity index (χ0n) is 21.2. The molecule has 3 heterocycles. The quantitative estimate of drug-likeness (QED) is 0.483. The lowest BCUT2D eigenvalue weighted by Crippen LogP contribution is -2.50. The lowest BCUT2D eigenvalue weighted by Gasteiger charge is -2.35. The largest absolute Gasteiger partial charge is 0.497 e. The topological polar surface area (TPSA) is 63.1 Å². The molecule has 1 aromatic heterocycles. The number of likely N-dealkylation sites (tertiary alicyclic amines) is 1. The van der Waals surface area contributed by atoms with Crippen LogP contribution in [0.5, 0.6) is 11.5 Å². The SMILES string of the molecule is COc1ccc(-c2nn(-c3ccccc3)cc2C(=O)N2CCN(CCN3CCCC3)CC2)c(OC)c1. The van der Waals surface area contributed by atoms with Crippen LogP contribution >= 0.6 is 0 Å². The summed E-state index contributed by atoms with van der Waals surface area (Å²) in [7, 11) is 3.24. The minimum atomic E-state index is 0.00393. The Labute approximate surface area is 213 Å². The Balaban J connectivity index is 1.38. The van der Waals surface area contributed by atoms with Gasteiger partial charge in [0.05, 0.1) is 25.5 Å². The predicted octanol–water partition coefficient (Wildman–Crippen LogP) is 3.41. The summed E-state index contributed by atoms with van der Waals surface area (Å²) in [6.07, 6.45) is 4.48. The number of amides is 1. The molecule has 0 radical (unpaired) electrons. The molecule has 0 N–H and O–H groups in total. The third-order valence-corrected chi connectivity index (χ3v) is 7.22. The molecular weight excluding hydrogens is 454 g/mol. The fourth-order valence-corrected chi connectivity index (χ4v) is 5.07. The number of piperazine rings is 1. The van der Waals surface area contributed by atoms with Gasteiger partial charge >= 0.3 is 0 Å². The fraction of sp³-hybridized carbons (Fsp3) is 0.429. The third kappa shape index (κ3) is 5.24. The maximum atomic E-state index is 13.8. The molecule has 3 aromatic rings. The van der Waals surface area contributed by atoms with Crippen LogP contribution in [0.25, 0.3) is 16.9 Å². The molecule has 0 bridgehead atoms. The number of carbonyl (C=O) groups is 1. The van der Waals surface area contributed by atoms with Gasteiger partial charge in [-0.3, -0.25) is 9.69 Å². The number of methoxy groups -OCH3 is 2. The molecular formula is C28H35N5O3. The summed E-state index contributed by atoms with van der Waals surface area (Å²) in [6, 6.07) is 15.5. The Morgan fingerprint density at radius 2 is 1.56 bits per heavy atom. The highest BCUT2D eigenvalue weighted by Gasteiger charge is 2.28. The van der Waals surface area contributed by atoms with Gasteiger partial charge in [0.25, 0.3) is 5.91 Å². The smallest absolute Gasteiger partial charge is 0.257 e. The van der Waals surface area contributed by atoms with Crippen molar-refractivity contribution >= 4 is 5.91 Å². The standard InChI is InChI=1S/C28H35N5O3/c1-35-23-10-11-24(26(20-23)36-2)27-25(21-33(29-27)22-8-4-3-5-9-22)28(34)32-18-16-31(17-19-32)15-14-30-12-6-7-13-30/h3-5,8-11,20-21H,6-7,12-19H2,1-2H3. The van der Waals surface area contributed by atoms with E-state index in [9.17, 15) is 4.79 Å². The van der Waals surface area contributed by atoms with Crippen molar-refractivity contribution in [1.82, 2.24) is 24.5 Å². The van der Waals surface area contributed by atoms with Gasteiger partial charge in [0.15, 0.2) is 0 Å². The molecule has 190 valence electrons. The fourth-order valence-electron chi connectivity index (χ4n) is 5.07.